The highest BCUT2D eigenvalue weighted by Gasteiger charge is 2.16. The lowest BCUT2D eigenvalue weighted by molar-refractivity contribution is -0.384. The number of hydrazone groups is 1. The molecule has 2 N–H and O–H groups in total. The lowest BCUT2D eigenvalue weighted by Gasteiger charge is -2.12. The fourth-order valence-electron chi connectivity index (χ4n) is 2.88. The van der Waals surface area contributed by atoms with Gasteiger partial charge in [-0.05, 0) is 49.7 Å². The zero-order valence-electron chi connectivity index (χ0n) is 18.0. The van der Waals surface area contributed by atoms with E-state index in [0.717, 1.165) is 0 Å². The second-order valence-corrected chi connectivity index (χ2v) is 7.08. The Bertz CT molecular complexity index is 1170. The van der Waals surface area contributed by atoms with E-state index in [4.69, 9.17) is 9.15 Å². The minimum absolute atomic E-state index is 0.000133. The molecule has 10 nitrogen and oxygen atoms in total. The van der Waals surface area contributed by atoms with Crippen LogP contribution >= 0.6 is 0 Å². The summed E-state index contributed by atoms with van der Waals surface area (Å²) in [5.74, 6) is 0.471. The molecule has 0 aliphatic carbocycles. The third kappa shape index (κ3) is 6.50. The quantitative estimate of drug-likeness (QED) is 0.292. The molecular formula is C23H22N4O6. The second kappa shape index (κ2) is 10.7. The molecule has 3 rings (SSSR count). The minimum Gasteiger partial charge on any atom is -0.484 e. The SMILES string of the molecule is Cc1cc([N+](=O)[O-])ccc1-c1ccc(/C=N\NC(=O)[C@@H](C)NC(=O)COc2ccccc2)o1. The molecule has 0 fully saturated rings. The number of benzene rings is 2. The van der Waals surface area contributed by atoms with E-state index in [0.29, 0.717) is 28.4 Å². The third-order valence-corrected chi connectivity index (χ3v) is 4.56. The zero-order chi connectivity index (χ0) is 23.8. The Hall–Kier alpha value is -4.47. The molecule has 170 valence electrons. The smallest absolute Gasteiger partial charge is 0.269 e. The van der Waals surface area contributed by atoms with Gasteiger partial charge >= 0.3 is 0 Å². The molecule has 3 aromatic rings. The van der Waals surface area contributed by atoms with E-state index in [-0.39, 0.29) is 12.3 Å². The minimum atomic E-state index is -0.830. The normalized spacial score (nSPS) is 11.7. The molecule has 33 heavy (non-hydrogen) atoms. The number of aryl methyl sites for hydroxylation is 1. The lowest BCUT2D eigenvalue weighted by Crippen LogP contribution is -2.45. The Labute approximate surface area is 189 Å². The highest BCUT2D eigenvalue weighted by molar-refractivity contribution is 5.88. The molecule has 1 heterocycles. The standard InChI is InChI=1S/C23H22N4O6/c1-15-12-17(27(30)31)8-10-20(15)21-11-9-19(33-21)13-24-26-23(29)16(2)25-22(28)14-32-18-6-4-3-5-7-18/h3-13,16H,14H2,1-2H3,(H,25,28)(H,26,29)/b24-13-/t16-/m1/s1. The second-order valence-electron chi connectivity index (χ2n) is 7.08. The molecule has 0 aliphatic heterocycles. The Morgan fingerprint density at radius 2 is 1.94 bits per heavy atom. The summed E-state index contributed by atoms with van der Waals surface area (Å²) in [5, 5.41) is 17.2. The Balaban J connectivity index is 1.49. The van der Waals surface area contributed by atoms with Crippen LogP contribution in [-0.2, 0) is 9.59 Å². The van der Waals surface area contributed by atoms with Crippen molar-refractivity contribution in [2.45, 2.75) is 19.9 Å². The molecule has 0 bridgehead atoms. The van der Waals surface area contributed by atoms with Crippen LogP contribution in [0.3, 0.4) is 0 Å². The summed E-state index contributed by atoms with van der Waals surface area (Å²) >= 11 is 0. The first kappa shape index (κ1) is 23.2. The molecule has 2 aromatic carbocycles. The van der Waals surface area contributed by atoms with Gasteiger partial charge in [0.05, 0.1) is 11.1 Å². The van der Waals surface area contributed by atoms with Gasteiger partial charge in [-0.15, -0.1) is 0 Å². The van der Waals surface area contributed by atoms with Crippen LogP contribution in [0, 0.1) is 17.0 Å². The van der Waals surface area contributed by atoms with Crippen LogP contribution in [0.15, 0.2) is 70.2 Å². The van der Waals surface area contributed by atoms with Gasteiger partial charge in [0.1, 0.15) is 23.3 Å². The molecule has 0 aliphatic rings. The number of nitro benzene ring substituents is 1. The molecule has 1 atom stereocenters. The van der Waals surface area contributed by atoms with Gasteiger partial charge in [-0.1, -0.05) is 18.2 Å². The number of hydrogen-bond acceptors (Lipinski definition) is 7. The first-order valence-electron chi connectivity index (χ1n) is 9.99. The van der Waals surface area contributed by atoms with Crippen LogP contribution < -0.4 is 15.5 Å². The van der Waals surface area contributed by atoms with Crippen molar-refractivity contribution in [2.75, 3.05) is 6.61 Å². The van der Waals surface area contributed by atoms with Gasteiger partial charge in [-0.3, -0.25) is 19.7 Å². The van der Waals surface area contributed by atoms with Crippen LogP contribution in [0.5, 0.6) is 5.75 Å². The predicted molar refractivity (Wildman–Crippen MR) is 121 cm³/mol. The number of nitrogens with zero attached hydrogens (tertiary/aromatic N) is 2. The topological polar surface area (TPSA) is 136 Å². The summed E-state index contributed by atoms with van der Waals surface area (Å²) in [6.45, 7) is 3.05. The van der Waals surface area contributed by atoms with E-state index in [9.17, 15) is 19.7 Å². The number of para-hydroxylation sites is 1. The van der Waals surface area contributed by atoms with Crippen molar-refractivity contribution in [3.8, 4) is 17.1 Å². The first-order valence-corrected chi connectivity index (χ1v) is 9.99. The summed E-state index contributed by atoms with van der Waals surface area (Å²) in [4.78, 5) is 34.5. The van der Waals surface area contributed by atoms with Crippen molar-refractivity contribution in [3.63, 3.8) is 0 Å². The maximum Gasteiger partial charge on any atom is 0.269 e. The van der Waals surface area contributed by atoms with Gasteiger partial charge < -0.3 is 14.5 Å². The summed E-state index contributed by atoms with van der Waals surface area (Å²) in [6, 6.07) is 15.9. The number of carbonyl (C=O) groups is 2. The monoisotopic (exact) mass is 450 g/mol. The van der Waals surface area contributed by atoms with Gasteiger partial charge in [0, 0.05) is 17.7 Å². The number of non-ortho nitro benzene ring substituents is 1. The van der Waals surface area contributed by atoms with Gasteiger partial charge in [-0.2, -0.15) is 5.10 Å². The fraction of sp³-hybridized carbons (Fsp3) is 0.174. The molecule has 0 unspecified atom stereocenters. The van der Waals surface area contributed by atoms with Crippen molar-refractivity contribution in [1.82, 2.24) is 10.7 Å². The van der Waals surface area contributed by atoms with E-state index < -0.39 is 22.8 Å². The van der Waals surface area contributed by atoms with E-state index in [1.54, 1.807) is 49.4 Å². The van der Waals surface area contributed by atoms with Gasteiger partial charge in [-0.25, -0.2) is 5.43 Å². The highest BCUT2D eigenvalue weighted by atomic mass is 16.6. The molecule has 0 radical (unpaired) electrons. The number of hydrogen-bond donors (Lipinski definition) is 2. The molecule has 1 aromatic heterocycles. The molecule has 10 heteroatoms. The van der Waals surface area contributed by atoms with Crippen molar-refractivity contribution in [3.05, 3.63) is 82.1 Å². The fourth-order valence-corrected chi connectivity index (χ4v) is 2.88. The zero-order valence-corrected chi connectivity index (χ0v) is 18.0. The van der Waals surface area contributed by atoms with E-state index in [2.05, 4.69) is 15.8 Å². The van der Waals surface area contributed by atoms with Gasteiger partial charge in [0.2, 0.25) is 0 Å². The Morgan fingerprint density at radius 3 is 2.64 bits per heavy atom. The number of nitro groups is 1. The predicted octanol–water partition coefficient (Wildman–Crippen LogP) is 3.20. The largest absolute Gasteiger partial charge is 0.484 e. The summed E-state index contributed by atoms with van der Waals surface area (Å²) < 4.78 is 11.0. The molecule has 0 spiro atoms. The summed E-state index contributed by atoms with van der Waals surface area (Å²) in [7, 11) is 0. The van der Waals surface area contributed by atoms with Crippen LogP contribution in [-0.4, -0.2) is 35.6 Å². The lowest BCUT2D eigenvalue weighted by atomic mass is 10.1. The number of rotatable bonds is 9. The number of carbonyl (C=O) groups excluding carboxylic acids is 2. The number of amides is 2. The van der Waals surface area contributed by atoms with E-state index >= 15 is 0 Å². The Kier molecular flexibility index (Phi) is 7.53. The maximum atomic E-state index is 12.1. The van der Waals surface area contributed by atoms with Crippen LogP contribution in [0.4, 0.5) is 5.69 Å². The van der Waals surface area contributed by atoms with Crippen LogP contribution in [0.1, 0.15) is 18.2 Å². The van der Waals surface area contributed by atoms with Gasteiger partial charge in [0.15, 0.2) is 6.61 Å². The average Bonchev–Trinajstić information content (AvgIpc) is 3.26. The molecular weight excluding hydrogens is 428 g/mol. The summed E-state index contributed by atoms with van der Waals surface area (Å²) in [6.07, 6.45) is 1.31. The van der Waals surface area contributed by atoms with E-state index in [1.165, 1.54) is 25.3 Å². The van der Waals surface area contributed by atoms with E-state index in [1.807, 2.05) is 6.07 Å². The highest BCUT2D eigenvalue weighted by Crippen LogP contribution is 2.28. The number of furan rings is 1. The van der Waals surface area contributed by atoms with Crippen molar-refractivity contribution in [1.29, 1.82) is 0 Å². The first-order chi connectivity index (χ1) is 15.8. The Morgan fingerprint density at radius 1 is 1.18 bits per heavy atom. The number of nitrogens with one attached hydrogen (secondary N) is 2. The summed E-state index contributed by atoms with van der Waals surface area (Å²) in [5.41, 5.74) is 3.73. The number of ether oxygens (including phenoxy) is 1. The van der Waals surface area contributed by atoms with Crippen LogP contribution in [0.25, 0.3) is 11.3 Å². The van der Waals surface area contributed by atoms with Crippen LogP contribution in [0.2, 0.25) is 0 Å². The van der Waals surface area contributed by atoms with Crippen molar-refractivity contribution in [2.24, 2.45) is 5.10 Å². The van der Waals surface area contributed by atoms with Gasteiger partial charge in [0.25, 0.3) is 17.5 Å². The molecule has 0 saturated carbocycles. The molecule has 0 saturated heterocycles. The maximum absolute atomic E-state index is 12.1. The third-order valence-electron chi connectivity index (χ3n) is 4.56. The average molecular weight is 450 g/mol. The van der Waals surface area contributed by atoms with Crippen molar-refractivity contribution >= 4 is 23.7 Å². The molecule has 2 amide bonds. The van der Waals surface area contributed by atoms with Crippen molar-refractivity contribution < 1.29 is 23.7 Å².